The van der Waals surface area contributed by atoms with E-state index in [0.29, 0.717) is 16.8 Å². The van der Waals surface area contributed by atoms with E-state index in [9.17, 15) is 13.2 Å². The van der Waals surface area contributed by atoms with Crippen molar-refractivity contribution in [1.29, 1.82) is 0 Å². The summed E-state index contributed by atoms with van der Waals surface area (Å²) >= 11 is 0. The van der Waals surface area contributed by atoms with Crippen molar-refractivity contribution in [2.45, 2.75) is 18.7 Å². The Labute approximate surface area is 112 Å². The van der Waals surface area contributed by atoms with Gasteiger partial charge in [-0.05, 0) is 37.1 Å². The van der Waals surface area contributed by atoms with Crippen molar-refractivity contribution in [2.75, 3.05) is 18.9 Å². The third-order valence-corrected chi connectivity index (χ3v) is 4.16. The SMILES string of the molecule is Cc1cc(N)cc(C)c1S(=O)(=O)NCCOC(N)=O. The molecule has 1 amide bonds. The quantitative estimate of drug-likeness (QED) is 0.529. The molecule has 0 saturated carbocycles. The standard InChI is InChI=1S/C11H17N3O4S/c1-7-5-9(12)6-8(2)10(7)19(16,17)14-3-4-18-11(13)15/h5-6,14H,3-4,12H2,1-2H3,(H2,13,15). The molecule has 0 aliphatic carbocycles. The zero-order valence-corrected chi connectivity index (χ0v) is 11.6. The van der Waals surface area contributed by atoms with Gasteiger partial charge in [-0.2, -0.15) is 0 Å². The van der Waals surface area contributed by atoms with Crippen molar-refractivity contribution < 1.29 is 17.9 Å². The number of hydrogen-bond donors (Lipinski definition) is 3. The molecule has 5 N–H and O–H groups in total. The molecule has 19 heavy (non-hydrogen) atoms. The lowest BCUT2D eigenvalue weighted by atomic mass is 10.1. The molecule has 1 aromatic rings. The molecule has 0 heterocycles. The first-order valence-electron chi connectivity index (χ1n) is 5.52. The molecule has 0 unspecified atom stereocenters. The maximum atomic E-state index is 12.1. The summed E-state index contributed by atoms with van der Waals surface area (Å²) in [4.78, 5) is 10.5. The van der Waals surface area contributed by atoms with Crippen molar-refractivity contribution in [3.8, 4) is 0 Å². The number of rotatable bonds is 5. The number of nitrogen functional groups attached to an aromatic ring is 1. The monoisotopic (exact) mass is 287 g/mol. The van der Waals surface area contributed by atoms with Crippen molar-refractivity contribution in [1.82, 2.24) is 4.72 Å². The molecule has 0 atom stereocenters. The van der Waals surface area contributed by atoms with Crippen LogP contribution in [-0.4, -0.2) is 27.7 Å². The smallest absolute Gasteiger partial charge is 0.404 e. The van der Waals surface area contributed by atoms with Gasteiger partial charge in [0.05, 0.1) is 4.90 Å². The molecule has 0 aliphatic heterocycles. The molecule has 0 spiro atoms. The van der Waals surface area contributed by atoms with Crippen molar-refractivity contribution in [3.63, 3.8) is 0 Å². The minimum Gasteiger partial charge on any atom is -0.448 e. The van der Waals surface area contributed by atoms with E-state index in [0.717, 1.165) is 0 Å². The van der Waals surface area contributed by atoms with Crippen LogP contribution < -0.4 is 16.2 Å². The predicted molar refractivity (Wildman–Crippen MR) is 71.1 cm³/mol. The molecule has 1 aromatic carbocycles. The third-order valence-electron chi connectivity index (χ3n) is 2.39. The Hall–Kier alpha value is -1.80. The Kier molecular flexibility index (Phi) is 4.73. The van der Waals surface area contributed by atoms with E-state index in [1.807, 2.05) is 0 Å². The van der Waals surface area contributed by atoms with Crippen molar-refractivity contribution in [3.05, 3.63) is 23.3 Å². The Morgan fingerprint density at radius 1 is 1.32 bits per heavy atom. The van der Waals surface area contributed by atoms with E-state index in [2.05, 4.69) is 9.46 Å². The number of nitrogens with one attached hydrogen (secondary N) is 1. The van der Waals surface area contributed by atoms with Crippen LogP contribution in [0.1, 0.15) is 11.1 Å². The Morgan fingerprint density at radius 2 is 1.84 bits per heavy atom. The number of amides is 1. The summed E-state index contributed by atoms with van der Waals surface area (Å²) in [5.74, 6) is 0. The number of primary amides is 1. The normalized spacial score (nSPS) is 11.3. The average molecular weight is 287 g/mol. The maximum absolute atomic E-state index is 12.1. The van der Waals surface area contributed by atoms with Crippen LogP contribution in [0.2, 0.25) is 0 Å². The fourth-order valence-corrected chi connectivity index (χ4v) is 3.27. The molecule has 1 rings (SSSR count). The van der Waals surface area contributed by atoms with Crippen LogP contribution in [0.3, 0.4) is 0 Å². The highest BCUT2D eigenvalue weighted by atomic mass is 32.2. The van der Waals surface area contributed by atoms with Crippen LogP contribution in [0.25, 0.3) is 0 Å². The van der Waals surface area contributed by atoms with Gasteiger partial charge < -0.3 is 16.2 Å². The van der Waals surface area contributed by atoms with E-state index < -0.39 is 16.1 Å². The number of sulfonamides is 1. The van der Waals surface area contributed by atoms with Gasteiger partial charge in [-0.3, -0.25) is 0 Å². The summed E-state index contributed by atoms with van der Waals surface area (Å²) in [6.07, 6.45) is -0.945. The zero-order valence-electron chi connectivity index (χ0n) is 10.8. The molecule has 0 saturated heterocycles. The fraction of sp³-hybridized carbons (Fsp3) is 0.364. The number of carbonyl (C=O) groups is 1. The van der Waals surface area contributed by atoms with Gasteiger partial charge in [-0.1, -0.05) is 0 Å². The first kappa shape index (κ1) is 15.3. The van der Waals surface area contributed by atoms with Gasteiger partial charge in [-0.15, -0.1) is 0 Å². The minimum absolute atomic E-state index is 0.0471. The first-order chi connectivity index (χ1) is 8.74. The number of benzene rings is 1. The molecule has 0 radical (unpaired) electrons. The Bertz CT molecular complexity index is 561. The summed E-state index contributed by atoms with van der Waals surface area (Å²) in [6.45, 7) is 3.16. The van der Waals surface area contributed by atoms with E-state index >= 15 is 0 Å². The van der Waals surface area contributed by atoms with E-state index in [-0.39, 0.29) is 18.0 Å². The van der Waals surface area contributed by atoms with Crippen LogP contribution in [0.5, 0.6) is 0 Å². The molecular weight excluding hydrogens is 270 g/mol. The first-order valence-corrected chi connectivity index (χ1v) is 7.01. The number of ether oxygens (including phenoxy) is 1. The summed E-state index contributed by atoms with van der Waals surface area (Å²) in [6, 6.07) is 3.17. The maximum Gasteiger partial charge on any atom is 0.404 e. The second-order valence-corrected chi connectivity index (χ2v) is 5.75. The highest BCUT2D eigenvalue weighted by molar-refractivity contribution is 7.89. The lowest BCUT2D eigenvalue weighted by molar-refractivity contribution is 0.159. The number of hydrogen-bond acceptors (Lipinski definition) is 5. The number of aryl methyl sites for hydroxylation is 2. The summed E-state index contributed by atoms with van der Waals surface area (Å²) < 4.78 is 31.0. The summed E-state index contributed by atoms with van der Waals surface area (Å²) in [5.41, 5.74) is 12.0. The second kappa shape index (κ2) is 5.89. The van der Waals surface area contributed by atoms with E-state index in [1.54, 1.807) is 26.0 Å². The number of anilines is 1. The Balaban J connectivity index is 2.86. The largest absolute Gasteiger partial charge is 0.448 e. The van der Waals surface area contributed by atoms with Gasteiger partial charge in [-0.25, -0.2) is 17.9 Å². The average Bonchev–Trinajstić information content (AvgIpc) is 2.22. The molecule has 106 valence electrons. The van der Waals surface area contributed by atoms with Crippen molar-refractivity contribution >= 4 is 21.8 Å². The fourth-order valence-electron chi connectivity index (χ4n) is 1.81. The third kappa shape index (κ3) is 4.11. The van der Waals surface area contributed by atoms with Gasteiger partial charge in [0.2, 0.25) is 10.0 Å². The van der Waals surface area contributed by atoms with Crippen LogP contribution in [0.15, 0.2) is 17.0 Å². The van der Waals surface area contributed by atoms with Crippen molar-refractivity contribution in [2.24, 2.45) is 5.73 Å². The van der Waals surface area contributed by atoms with E-state index in [4.69, 9.17) is 11.5 Å². The summed E-state index contributed by atoms with van der Waals surface area (Å²) in [5, 5.41) is 0. The topological polar surface area (TPSA) is 125 Å². The molecule has 0 fully saturated rings. The van der Waals surface area contributed by atoms with E-state index in [1.165, 1.54) is 0 Å². The predicted octanol–water partition coefficient (Wildman–Crippen LogP) is 0.259. The molecule has 0 aliphatic rings. The summed E-state index contributed by atoms with van der Waals surface area (Å²) in [7, 11) is -3.67. The highest BCUT2D eigenvalue weighted by Crippen LogP contribution is 2.22. The van der Waals surface area contributed by atoms with Crippen LogP contribution in [-0.2, 0) is 14.8 Å². The molecule has 0 aromatic heterocycles. The van der Waals surface area contributed by atoms with Crippen LogP contribution in [0, 0.1) is 13.8 Å². The van der Waals surface area contributed by atoms with Gasteiger partial charge >= 0.3 is 6.09 Å². The highest BCUT2D eigenvalue weighted by Gasteiger charge is 2.19. The number of nitrogens with two attached hydrogens (primary N) is 2. The molecule has 8 heteroatoms. The molecular formula is C11H17N3O4S. The van der Waals surface area contributed by atoms with Gasteiger partial charge in [0.15, 0.2) is 0 Å². The second-order valence-electron chi connectivity index (χ2n) is 4.05. The minimum atomic E-state index is -3.67. The lowest BCUT2D eigenvalue weighted by Gasteiger charge is -2.12. The molecule has 7 nitrogen and oxygen atoms in total. The van der Waals surface area contributed by atoms with Crippen LogP contribution >= 0.6 is 0 Å². The molecule has 0 bridgehead atoms. The zero-order chi connectivity index (χ0) is 14.6. The van der Waals surface area contributed by atoms with Gasteiger partial charge in [0.1, 0.15) is 6.61 Å². The Morgan fingerprint density at radius 3 is 2.32 bits per heavy atom. The lowest BCUT2D eigenvalue weighted by Crippen LogP contribution is -2.30. The van der Waals surface area contributed by atoms with Crippen LogP contribution in [0.4, 0.5) is 10.5 Å². The number of carbonyl (C=O) groups excluding carboxylic acids is 1. The van der Waals surface area contributed by atoms with Gasteiger partial charge in [0.25, 0.3) is 0 Å². The van der Waals surface area contributed by atoms with Gasteiger partial charge in [0, 0.05) is 12.2 Å².